The van der Waals surface area contributed by atoms with E-state index in [2.05, 4.69) is 29.8 Å². The van der Waals surface area contributed by atoms with Crippen LogP contribution in [0.2, 0.25) is 0 Å². The molecule has 0 atom stereocenters. The number of carbonyl (C=O) groups is 3. The second-order valence-electron chi connectivity index (χ2n) is 8.51. The molecule has 7 heteroatoms. The normalized spacial score (nSPS) is 12.7. The van der Waals surface area contributed by atoms with E-state index in [1.165, 1.54) is 0 Å². The van der Waals surface area contributed by atoms with Gasteiger partial charge in [-0.3, -0.25) is 14.4 Å². The van der Waals surface area contributed by atoms with E-state index in [0.717, 1.165) is 55.7 Å². The van der Waals surface area contributed by atoms with Gasteiger partial charge in [0.1, 0.15) is 0 Å². The maximum Gasteiger partial charge on any atom is 0.253 e. The molecule has 0 heterocycles. The number of amides is 3. The zero-order chi connectivity index (χ0) is 23.8. The first-order valence-corrected chi connectivity index (χ1v) is 11.8. The van der Waals surface area contributed by atoms with Crippen LogP contribution in [0.1, 0.15) is 55.5 Å². The first-order chi connectivity index (χ1) is 15.9. The zero-order valence-corrected chi connectivity index (χ0v) is 19.7. The van der Waals surface area contributed by atoms with Crippen LogP contribution >= 0.6 is 0 Å². The Kier molecular flexibility index (Phi) is 8.46. The summed E-state index contributed by atoms with van der Waals surface area (Å²) >= 11 is 0. The summed E-state index contributed by atoms with van der Waals surface area (Å²) < 4.78 is 0. The fourth-order valence-electron chi connectivity index (χ4n) is 3.63. The summed E-state index contributed by atoms with van der Waals surface area (Å²) in [7, 11) is 0. The lowest BCUT2D eigenvalue weighted by Gasteiger charge is -2.21. The number of nitrogens with one attached hydrogen (secondary N) is 3. The Morgan fingerprint density at radius 1 is 0.909 bits per heavy atom. The van der Waals surface area contributed by atoms with E-state index in [1.807, 2.05) is 42.2 Å². The summed E-state index contributed by atoms with van der Waals surface area (Å²) in [5.74, 6) is 0.000637. The maximum atomic E-state index is 12.7. The molecule has 0 aliphatic heterocycles. The minimum absolute atomic E-state index is 0.0344. The Bertz CT molecular complexity index is 978. The van der Waals surface area contributed by atoms with Crippen molar-refractivity contribution in [1.82, 2.24) is 4.90 Å². The Labute approximate surface area is 195 Å². The number of nitrogens with zero attached hydrogens (tertiary/aromatic N) is 1. The molecule has 0 spiro atoms. The molecule has 3 amide bonds. The SMILES string of the molecule is CCCN(CCC)C(=O)c1ccc(NCC(=O)Nc2cccc(NC(=O)C3CC3)c2C)cc1. The summed E-state index contributed by atoms with van der Waals surface area (Å²) in [6.07, 6.45) is 3.74. The van der Waals surface area contributed by atoms with Crippen LogP contribution in [0.5, 0.6) is 0 Å². The van der Waals surface area contributed by atoms with Crippen LogP contribution in [0, 0.1) is 12.8 Å². The lowest BCUT2D eigenvalue weighted by molar-refractivity contribution is -0.117. The maximum absolute atomic E-state index is 12.7. The number of anilines is 3. The summed E-state index contributed by atoms with van der Waals surface area (Å²) in [6.45, 7) is 7.59. The molecule has 1 aliphatic carbocycles. The second kappa shape index (κ2) is 11.5. The van der Waals surface area contributed by atoms with Gasteiger partial charge < -0.3 is 20.9 Å². The topological polar surface area (TPSA) is 90.5 Å². The molecule has 3 rings (SSSR count). The minimum Gasteiger partial charge on any atom is -0.376 e. The van der Waals surface area contributed by atoms with Gasteiger partial charge in [-0.05, 0) is 74.6 Å². The highest BCUT2D eigenvalue weighted by Gasteiger charge is 2.29. The van der Waals surface area contributed by atoms with Crippen molar-refractivity contribution in [3.8, 4) is 0 Å². The largest absolute Gasteiger partial charge is 0.376 e. The first kappa shape index (κ1) is 24.3. The molecule has 0 bridgehead atoms. The van der Waals surface area contributed by atoms with Crippen molar-refractivity contribution in [2.24, 2.45) is 5.92 Å². The number of hydrogen-bond donors (Lipinski definition) is 3. The molecule has 0 saturated heterocycles. The third-order valence-corrected chi connectivity index (χ3v) is 5.67. The van der Waals surface area contributed by atoms with Gasteiger partial charge in [0.05, 0.1) is 6.54 Å². The highest BCUT2D eigenvalue weighted by Crippen LogP contribution is 2.31. The van der Waals surface area contributed by atoms with Gasteiger partial charge in [0, 0.05) is 41.6 Å². The van der Waals surface area contributed by atoms with Crippen LogP contribution in [-0.4, -0.2) is 42.3 Å². The monoisotopic (exact) mass is 450 g/mol. The van der Waals surface area contributed by atoms with Crippen molar-refractivity contribution in [3.05, 3.63) is 53.6 Å². The molecule has 1 saturated carbocycles. The Balaban J connectivity index is 1.53. The third-order valence-electron chi connectivity index (χ3n) is 5.67. The van der Waals surface area contributed by atoms with Gasteiger partial charge in [-0.2, -0.15) is 0 Å². The molecule has 0 radical (unpaired) electrons. The molecule has 33 heavy (non-hydrogen) atoms. The molecule has 2 aromatic carbocycles. The number of rotatable bonds is 11. The molecule has 176 valence electrons. The van der Waals surface area contributed by atoms with Gasteiger partial charge in [-0.1, -0.05) is 19.9 Å². The molecule has 0 unspecified atom stereocenters. The number of hydrogen-bond acceptors (Lipinski definition) is 4. The highest BCUT2D eigenvalue weighted by molar-refractivity contribution is 5.98. The summed E-state index contributed by atoms with van der Waals surface area (Å²) in [4.78, 5) is 39.1. The van der Waals surface area contributed by atoms with Gasteiger partial charge in [-0.25, -0.2) is 0 Å². The molecule has 3 N–H and O–H groups in total. The fourth-order valence-corrected chi connectivity index (χ4v) is 3.63. The zero-order valence-electron chi connectivity index (χ0n) is 19.7. The van der Waals surface area contributed by atoms with Crippen molar-refractivity contribution in [3.63, 3.8) is 0 Å². The molecule has 1 aliphatic rings. The van der Waals surface area contributed by atoms with Crippen molar-refractivity contribution in [2.45, 2.75) is 46.5 Å². The van der Waals surface area contributed by atoms with Crippen molar-refractivity contribution >= 4 is 34.8 Å². The van der Waals surface area contributed by atoms with Gasteiger partial charge in [0.25, 0.3) is 5.91 Å². The summed E-state index contributed by atoms with van der Waals surface area (Å²) in [6, 6.07) is 12.7. The third kappa shape index (κ3) is 6.81. The minimum atomic E-state index is -0.194. The van der Waals surface area contributed by atoms with Gasteiger partial charge >= 0.3 is 0 Å². The Morgan fingerprint density at radius 2 is 1.52 bits per heavy atom. The van der Waals surface area contributed by atoms with E-state index < -0.39 is 0 Å². The van der Waals surface area contributed by atoms with E-state index in [1.54, 1.807) is 12.1 Å². The van der Waals surface area contributed by atoms with Crippen LogP contribution in [-0.2, 0) is 9.59 Å². The predicted molar refractivity (Wildman–Crippen MR) is 133 cm³/mol. The van der Waals surface area contributed by atoms with E-state index in [0.29, 0.717) is 11.3 Å². The van der Waals surface area contributed by atoms with Crippen LogP contribution in [0.15, 0.2) is 42.5 Å². The Morgan fingerprint density at radius 3 is 2.09 bits per heavy atom. The molecule has 0 aromatic heterocycles. The van der Waals surface area contributed by atoms with Crippen LogP contribution in [0.3, 0.4) is 0 Å². The van der Waals surface area contributed by atoms with E-state index in [4.69, 9.17) is 0 Å². The highest BCUT2D eigenvalue weighted by atomic mass is 16.2. The van der Waals surface area contributed by atoms with E-state index in [9.17, 15) is 14.4 Å². The van der Waals surface area contributed by atoms with Gasteiger partial charge in [-0.15, -0.1) is 0 Å². The van der Waals surface area contributed by atoms with Crippen molar-refractivity contribution in [1.29, 1.82) is 0 Å². The van der Waals surface area contributed by atoms with Crippen molar-refractivity contribution < 1.29 is 14.4 Å². The second-order valence-corrected chi connectivity index (χ2v) is 8.51. The lowest BCUT2D eigenvalue weighted by Crippen LogP contribution is -2.32. The lowest BCUT2D eigenvalue weighted by atomic mass is 10.1. The van der Waals surface area contributed by atoms with Gasteiger partial charge in [0.15, 0.2) is 0 Å². The van der Waals surface area contributed by atoms with Crippen LogP contribution in [0.25, 0.3) is 0 Å². The average molecular weight is 451 g/mol. The molecule has 7 nitrogen and oxygen atoms in total. The smallest absolute Gasteiger partial charge is 0.253 e. The van der Waals surface area contributed by atoms with Crippen LogP contribution < -0.4 is 16.0 Å². The average Bonchev–Trinajstić information content (AvgIpc) is 3.66. The summed E-state index contributed by atoms with van der Waals surface area (Å²) in [5.41, 5.74) is 3.63. The molecule has 1 fully saturated rings. The predicted octanol–water partition coefficient (Wildman–Crippen LogP) is 4.66. The van der Waals surface area contributed by atoms with Crippen molar-refractivity contribution in [2.75, 3.05) is 35.6 Å². The standard InChI is InChI=1S/C26H34N4O3/c1-4-15-30(16-5-2)26(33)20-11-13-21(14-12-20)27-17-24(31)28-22-7-6-8-23(18(22)3)29-25(32)19-9-10-19/h6-8,11-14,19,27H,4-5,9-10,15-17H2,1-3H3,(H,28,31)(H,29,32). The molecular formula is C26H34N4O3. The number of carbonyl (C=O) groups excluding carboxylic acids is 3. The van der Waals surface area contributed by atoms with E-state index >= 15 is 0 Å². The van der Waals surface area contributed by atoms with E-state index in [-0.39, 0.29) is 30.2 Å². The first-order valence-electron chi connectivity index (χ1n) is 11.8. The molecular weight excluding hydrogens is 416 g/mol. The van der Waals surface area contributed by atoms with Crippen LogP contribution in [0.4, 0.5) is 17.1 Å². The fraction of sp³-hybridized carbons (Fsp3) is 0.423. The quantitative estimate of drug-likeness (QED) is 0.465. The molecule has 2 aromatic rings. The summed E-state index contributed by atoms with van der Waals surface area (Å²) in [5, 5.41) is 8.94. The van der Waals surface area contributed by atoms with Gasteiger partial charge in [0.2, 0.25) is 11.8 Å². The Hall–Kier alpha value is -3.35. The number of benzene rings is 2.